The molecule has 0 fully saturated rings. The first-order chi connectivity index (χ1) is 7.52. The van der Waals surface area contributed by atoms with Crippen molar-refractivity contribution in [2.24, 2.45) is 5.92 Å². The van der Waals surface area contributed by atoms with Crippen molar-refractivity contribution in [1.82, 2.24) is 0 Å². The molecule has 0 spiro atoms. The minimum atomic E-state index is -2.06. The second-order valence-electron chi connectivity index (χ2n) is 4.61. The quantitative estimate of drug-likeness (QED) is 0.426. The van der Waals surface area contributed by atoms with Crippen LogP contribution in [-0.2, 0) is 11.8 Å². The molecule has 0 aliphatic carbocycles. The maximum atomic E-state index is 10.1. The van der Waals surface area contributed by atoms with Crippen LogP contribution in [0, 0.1) is 5.92 Å². The van der Waals surface area contributed by atoms with Crippen molar-refractivity contribution in [3.05, 3.63) is 0 Å². The SMILES string of the molecule is CCCCCCP(O)(=S)SCC(C)CCC.Cl. The molecule has 0 rings (SSSR count). The molecule has 106 valence electrons. The highest BCUT2D eigenvalue weighted by Gasteiger charge is 2.14. The highest BCUT2D eigenvalue weighted by atomic mass is 35.5. The molecule has 17 heavy (non-hydrogen) atoms. The summed E-state index contributed by atoms with van der Waals surface area (Å²) in [6.07, 6.45) is 8.19. The van der Waals surface area contributed by atoms with Gasteiger partial charge in [0.25, 0.3) is 0 Å². The average Bonchev–Trinajstić information content (AvgIpc) is 2.22. The van der Waals surface area contributed by atoms with Crippen molar-refractivity contribution in [3.63, 3.8) is 0 Å². The molecule has 0 amide bonds. The van der Waals surface area contributed by atoms with E-state index in [1.165, 1.54) is 32.1 Å². The third-order valence-corrected chi connectivity index (χ3v) is 8.34. The Morgan fingerprint density at radius 3 is 2.35 bits per heavy atom. The van der Waals surface area contributed by atoms with E-state index in [2.05, 4.69) is 20.8 Å². The maximum absolute atomic E-state index is 10.1. The zero-order valence-electron chi connectivity index (χ0n) is 11.4. The second-order valence-corrected chi connectivity index (χ2v) is 12.0. The molecule has 0 aromatic rings. The minimum Gasteiger partial charge on any atom is -0.357 e. The van der Waals surface area contributed by atoms with E-state index >= 15 is 0 Å². The van der Waals surface area contributed by atoms with Crippen LogP contribution in [0.25, 0.3) is 0 Å². The lowest BCUT2D eigenvalue weighted by Crippen LogP contribution is -1.98. The number of rotatable bonds is 10. The molecule has 0 radical (unpaired) electrons. The third kappa shape index (κ3) is 13.5. The summed E-state index contributed by atoms with van der Waals surface area (Å²) in [5.74, 6) is 1.73. The van der Waals surface area contributed by atoms with Crippen LogP contribution in [-0.4, -0.2) is 16.8 Å². The zero-order valence-corrected chi connectivity index (χ0v) is 14.7. The number of hydrogen-bond acceptors (Lipinski definition) is 2. The molecule has 2 atom stereocenters. The van der Waals surface area contributed by atoms with Gasteiger partial charge in [-0.2, -0.15) is 0 Å². The van der Waals surface area contributed by atoms with E-state index in [1.807, 2.05) is 0 Å². The molecule has 0 aromatic carbocycles. The molecule has 5 heteroatoms. The summed E-state index contributed by atoms with van der Waals surface area (Å²) in [4.78, 5) is 10.1. The molecule has 0 aliphatic rings. The number of hydrogen-bond donors (Lipinski definition) is 1. The fraction of sp³-hybridized carbons (Fsp3) is 1.00. The minimum absolute atomic E-state index is 0. The molecular weight excluding hydrogens is 291 g/mol. The summed E-state index contributed by atoms with van der Waals surface area (Å²) >= 11 is 6.99. The molecule has 2 unspecified atom stereocenters. The lowest BCUT2D eigenvalue weighted by molar-refractivity contribution is 0.585. The smallest absolute Gasteiger partial charge is 0.116 e. The fourth-order valence-electron chi connectivity index (χ4n) is 1.62. The van der Waals surface area contributed by atoms with Gasteiger partial charge in [-0.15, -0.1) is 12.4 Å². The summed E-state index contributed by atoms with van der Waals surface area (Å²) in [7, 11) is 0. The molecular formula is C12H28ClOPS2. The Bertz CT molecular complexity index is 215. The van der Waals surface area contributed by atoms with Crippen LogP contribution in [0.1, 0.15) is 59.3 Å². The van der Waals surface area contributed by atoms with E-state index in [1.54, 1.807) is 11.4 Å². The van der Waals surface area contributed by atoms with Gasteiger partial charge in [-0.25, -0.2) is 0 Å². The summed E-state index contributed by atoms with van der Waals surface area (Å²) in [5.41, 5.74) is -2.06. The van der Waals surface area contributed by atoms with Crippen LogP contribution in [0.2, 0.25) is 0 Å². The predicted molar refractivity (Wildman–Crippen MR) is 89.3 cm³/mol. The lowest BCUT2D eigenvalue weighted by Gasteiger charge is -2.17. The molecule has 0 aliphatic heterocycles. The molecule has 0 aromatic heterocycles. The Hall–Kier alpha value is 1.25. The standard InChI is InChI=1S/C12H27OPS2.ClH/c1-4-6-7-8-10-14(13,15)16-11-12(3)9-5-2;/h12H,4-11H2,1-3H3,(H,13,15);1H. The molecule has 1 N–H and O–H groups in total. The van der Waals surface area contributed by atoms with E-state index in [0.29, 0.717) is 5.92 Å². The van der Waals surface area contributed by atoms with Gasteiger partial charge in [-0.05, 0) is 12.3 Å². The lowest BCUT2D eigenvalue weighted by atomic mass is 10.1. The van der Waals surface area contributed by atoms with Gasteiger partial charge < -0.3 is 4.89 Å². The van der Waals surface area contributed by atoms with Crippen LogP contribution in [0.15, 0.2) is 0 Å². The van der Waals surface area contributed by atoms with E-state index in [-0.39, 0.29) is 12.4 Å². The van der Waals surface area contributed by atoms with Crippen LogP contribution in [0.3, 0.4) is 0 Å². The van der Waals surface area contributed by atoms with Gasteiger partial charge in [0.05, 0.1) is 0 Å². The monoisotopic (exact) mass is 318 g/mol. The largest absolute Gasteiger partial charge is 0.357 e. The van der Waals surface area contributed by atoms with Crippen molar-refractivity contribution < 1.29 is 4.89 Å². The van der Waals surface area contributed by atoms with E-state index in [9.17, 15) is 4.89 Å². The summed E-state index contributed by atoms with van der Waals surface area (Å²) < 4.78 is 0. The highest BCUT2D eigenvalue weighted by Crippen LogP contribution is 2.56. The van der Waals surface area contributed by atoms with E-state index < -0.39 is 5.47 Å². The maximum Gasteiger partial charge on any atom is 0.116 e. The van der Waals surface area contributed by atoms with Gasteiger partial charge in [0, 0.05) is 11.9 Å². The van der Waals surface area contributed by atoms with Gasteiger partial charge in [0.15, 0.2) is 0 Å². The van der Waals surface area contributed by atoms with Crippen LogP contribution in [0.4, 0.5) is 0 Å². The first-order valence-electron chi connectivity index (χ1n) is 6.48. The summed E-state index contributed by atoms with van der Waals surface area (Å²) in [6, 6.07) is 0. The summed E-state index contributed by atoms with van der Waals surface area (Å²) in [5, 5.41) is 0. The Morgan fingerprint density at radius 2 is 1.82 bits per heavy atom. The van der Waals surface area contributed by atoms with Crippen molar-refractivity contribution in [3.8, 4) is 0 Å². The normalized spacial score (nSPS) is 16.0. The molecule has 1 nitrogen and oxygen atoms in total. The van der Waals surface area contributed by atoms with Crippen LogP contribution in [0.5, 0.6) is 0 Å². The number of halogens is 1. The van der Waals surface area contributed by atoms with Gasteiger partial charge in [0.1, 0.15) is 5.47 Å². The predicted octanol–water partition coefficient (Wildman–Crippen LogP) is 5.46. The van der Waals surface area contributed by atoms with Gasteiger partial charge in [-0.3, -0.25) is 0 Å². The molecule has 0 bridgehead atoms. The highest BCUT2D eigenvalue weighted by molar-refractivity contribution is 8.69. The Kier molecular flexibility index (Phi) is 14.9. The van der Waals surface area contributed by atoms with Crippen molar-refractivity contribution >= 4 is 41.1 Å². The Morgan fingerprint density at radius 1 is 1.18 bits per heavy atom. The topological polar surface area (TPSA) is 20.2 Å². The van der Waals surface area contributed by atoms with Crippen molar-refractivity contribution in [1.29, 1.82) is 0 Å². The third-order valence-electron chi connectivity index (χ3n) is 2.64. The van der Waals surface area contributed by atoms with Crippen molar-refractivity contribution in [2.75, 3.05) is 11.9 Å². The van der Waals surface area contributed by atoms with Crippen LogP contribution >= 0.6 is 29.3 Å². The Balaban J connectivity index is 0. The Labute approximate surface area is 123 Å². The van der Waals surface area contributed by atoms with Crippen molar-refractivity contribution in [2.45, 2.75) is 59.3 Å². The average molecular weight is 319 g/mol. The molecule has 0 saturated carbocycles. The van der Waals surface area contributed by atoms with Gasteiger partial charge >= 0.3 is 0 Å². The zero-order chi connectivity index (χ0) is 12.4. The van der Waals surface area contributed by atoms with E-state index in [0.717, 1.165) is 18.3 Å². The van der Waals surface area contributed by atoms with Gasteiger partial charge in [0.2, 0.25) is 0 Å². The van der Waals surface area contributed by atoms with E-state index in [4.69, 9.17) is 11.8 Å². The first kappa shape index (κ1) is 20.6. The van der Waals surface area contributed by atoms with Gasteiger partial charge in [-0.1, -0.05) is 76.1 Å². The molecule has 0 saturated heterocycles. The fourth-order valence-corrected chi connectivity index (χ4v) is 6.20. The molecule has 0 heterocycles. The second kappa shape index (κ2) is 12.3. The first-order valence-corrected chi connectivity index (χ1v) is 11.0. The number of unbranched alkanes of at least 4 members (excludes halogenated alkanes) is 3. The van der Waals surface area contributed by atoms with Crippen LogP contribution < -0.4 is 0 Å². The summed E-state index contributed by atoms with van der Waals surface area (Å²) in [6.45, 7) is 6.67.